The lowest BCUT2D eigenvalue weighted by Crippen LogP contribution is -2.33. The Bertz CT molecular complexity index is 1410. The number of carbonyl (C=O) groups is 1. The number of hydrogen-bond donors (Lipinski definition) is 0. The summed E-state index contributed by atoms with van der Waals surface area (Å²) >= 11 is 0. The second-order valence-electron chi connectivity index (χ2n) is 9.60. The average molecular weight is 529 g/mol. The highest BCUT2D eigenvalue weighted by atomic mass is 19.1. The average Bonchev–Trinajstić information content (AvgIpc) is 3.33. The number of aromatic nitrogens is 2. The normalized spacial score (nSPS) is 13.1. The van der Waals surface area contributed by atoms with Crippen LogP contribution >= 0.6 is 0 Å². The smallest absolute Gasteiger partial charge is 0.410 e. The van der Waals surface area contributed by atoms with Gasteiger partial charge in [-0.15, -0.1) is 0 Å². The third kappa shape index (κ3) is 6.12. The van der Waals surface area contributed by atoms with Crippen molar-refractivity contribution >= 4 is 6.09 Å². The number of rotatable bonds is 9. The predicted octanol–water partition coefficient (Wildman–Crippen LogP) is 5.74. The number of methoxy groups -OCH3 is 1. The predicted molar refractivity (Wildman–Crippen MR) is 147 cm³/mol. The number of nitrogens with zero attached hydrogens (tertiary/aromatic N) is 4. The molecule has 5 rings (SSSR count). The van der Waals surface area contributed by atoms with Gasteiger partial charge >= 0.3 is 6.09 Å². The van der Waals surface area contributed by atoms with Crippen LogP contribution in [0.4, 0.5) is 9.18 Å². The van der Waals surface area contributed by atoms with Crippen LogP contribution in [-0.2, 0) is 37.4 Å². The van der Waals surface area contributed by atoms with Crippen LogP contribution < -0.4 is 4.74 Å². The van der Waals surface area contributed by atoms with Gasteiger partial charge in [-0.05, 0) is 42.3 Å². The molecule has 4 aromatic rings. The number of fused-ring (bicyclic) bond motifs is 1. The minimum absolute atomic E-state index is 0.218. The van der Waals surface area contributed by atoms with Gasteiger partial charge in [0.05, 0.1) is 25.0 Å². The number of benzene rings is 3. The van der Waals surface area contributed by atoms with Gasteiger partial charge in [0.2, 0.25) is 0 Å². The fourth-order valence-corrected chi connectivity index (χ4v) is 4.95. The van der Waals surface area contributed by atoms with Crippen LogP contribution in [0.15, 0.2) is 78.9 Å². The van der Waals surface area contributed by atoms with Gasteiger partial charge in [0.25, 0.3) is 0 Å². The summed E-state index contributed by atoms with van der Waals surface area (Å²) in [7, 11) is 1.65. The van der Waals surface area contributed by atoms with E-state index in [1.807, 2.05) is 78.3 Å². The van der Waals surface area contributed by atoms with Crippen molar-refractivity contribution < 1.29 is 18.7 Å². The number of hydrogen-bond acceptors (Lipinski definition) is 5. The van der Waals surface area contributed by atoms with Crippen LogP contribution in [0.5, 0.6) is 5.75 Å². The Kier molecular flexibility index (Phi) is 8.22. The van der Waals surface area contributed by atoms with E-state index in [1.54, 1.807) is 12.0 Å². The molecule has 0 bridgehead atoms. The number of halogens is 1. The van der Waals surface area contributed by atoms with E-state index in [-0.39, 0.29) is 18.5 Å². The van der Waals surface area contributed by atoms with Crippen molar-refractivity contribution in [3.8, 4) is 11.4 Å². The van der Waals surface area contributed by atoms with E-state index in [4.69, 9.17) is 14.6 Å². The number of amides is 1. The van der Waals surface area contributed by atoms with Gasteiger partial charge in [0.15, 0.2) is 0 Å². The molecule has 8 heteroatoms. The number of para-hydroxylation sites is 2. The molecule has 7 nitrogen and oxygen atoms in total. The minimum Gasteiger partial charge on any atom is -0.494 e. The van der Waals surface area contributed by atoms with E-state index in [2.05, 4.69) is 4.90 Å². The topological polar surface area (TPSA) is 59.8 Å². The maximum atomic E-state index is 13.4. The maximum Gasteiger partial charge on any atom is 0.410 e. The van der Waals surface area contributed by atoms with Crippen molar-refractivity contribution in [3.63, 3.8) is 0 Å². The summed E-state index contributed by atoms with van der Waals surface area (Å²) in [5.41, 5.74) is 5.90. The monoisotopic (exact) mass is 528 g/mol. The van der Waals surface area contributed by atoms with Crippen LogP contribution in [0, 0.1) is 5.82 Å². The minimum atomic E-state index is -0.374. The molecule has 0 N–H and O–H groups in total. The zero-order chi connectivity index (χ0) is 27.2. The van der Waals surface area contributed by atoms with Crippen molar-refractivity contribution in [3.05, 3.63) is 113 Å². The van der Waals surface area contributed by atoms with Gasteiger partial charge in [-0.2, -0.15) is 5.10 Å². The molecule has 0 fully saturated rings. The fraction of sp³-hybridized carbons (Fsp3) is 0.290. The van der Waals surface area contributed by atoms with Crippen LogP contribution in [0.3, 0.4) is 0 Å². The molecule has 2 heterocycles. The molecular formula is C31H33FN4O3. The summed E-state index contributed by atoms with van der Waals surface area (Å²) in [5.74, 6) is 0.497. The molecule has 0 unspecified atom stereocenters. The molecule has 0 saturated heterocycles. The van der Waals surface area contributed by atoms with Crippen LogP contribution in [-0.4, -0.2) is 45.9 Å². The largest absolute Gasteiger partial charge is 0.494 e. The lowest BCUT2D eigenvalue weighted by atomic mass is 10.0. The molecule has 1 aliphatic heterocycles. The Morgan fingerprint density at radius 2 is 1.74 bits per heavy atom. The molecule has 1 amide bonds. The fourth-order valence-electron chi connectivity index (χ4n) is 4.95. The first-order valence-corrected chi connectivity index (χ1v) is 13.2. The first-order chi connectivity index (χ1) is 19.1. The second kappa shape index (κ2) is 12.1. The SMILES string of the molecule is CCN(Cc1nn(-c2ccccc2OC)c2c1CN(Cc1ccc(F)cc1)CC2)C(=O)OCc1ccccc1. The molecule has 39 heavy (non-hydrogen) atoms. The Labute approximate surface area is 228 Å². The second-order valence-corrected chi connectivity index (χ2v) is 9.60. The standard InChI is InChI=1S/C31H33FN4O3/c1-3-35(31(37)39-22-24-9-5-4-6-10-24)21-27-26-20-34(19-23-13-15-25(32)16-14-23)18-17-28(26)36(33-27)29-11-7-8-12-30(29)38-2/h4-16H,3,17-22H2,1-2H3. The summed E-state index contributed by atoms with van der Waals surface area (Å²) in [6.07, 6.45) is 0.410. The summed E-state index contributed by atoms with van der Waals surface area (Å²) in [4.78, 5) is 17.0. The summed E-state index contributed by atoms with van der Waals surface area (Å²) in [6.45, 7) is 5.19. The Hall–Kier alpha value is -4.17. The molecular weight excluding hydrogens is 495 g/mol. The van der Waals surface area contributed by atoms with E-state index in [9.17, 15) is 9.18 Å². The first-order valence-electron chi connectivity index (χ1n) is 13.2. The summed E-state index contributed by atoms with van der Waals surface area (Å²) in [6, 6.07) is 24.1. The van der Waals surface area contributed by atoms with E-state index in [0.717, 1.165) is 52.5 Å². The third-order valence-electron chi connectivity index (χ3n) is 7.04. The van der Waals surface area contributed by atoms with Crippen molar-refractivity contribution in [2.75, 3.05) is 20.2 Å². The highest BCUT2D eigenvalue weighted by molar-refractivity contribution is 5.67. The first kappa shape index (κ1) is 26.4. The highest BCUT2D eigenvalue weighted by Gasteiger charge is 2.28. The van der Waals surface area contributed by atoms with E-state index in [0.29, 0.717) is 26.2 Å². The van der Waals surface area contributed by atoms with Crippen molar-refractivity contribution in [2.24, 2.45) is 0 Å². The lowest BCUT2D eigenvalue weighted by Gasteiger charge is -2.28. The molecule has 0 saturated carbocycles. The number of ether oxygens (including phenoxy) is 2. The van der Waals surface area contributed by atoms with Crippen molar-refractivity contribution in [1.29, 1.82) is 0 Å². The van der Waals surface area contributed by atoms with Crippen molar-refractivity contribution in [2.45, 2.75) is 39.6 Å². The van der Waals surface area contributed by atoms with Gasteiger partial charge < -0.3 is 14.4 Å². The molecule has 1 aliphatic rings. The maximum absolute atomic E-state index is 13.4. The lowest BCUT2D eigenvalue weighted by molar-refractivity contribution is 0.0950. The zero-order valence-corrected chi connectivity index (χ0v) is 22.3. The van der Waals surface area contributed by atoms with Crippen LogP contribution in [0.2, 0.25) is 0 Å². The molecule has 0 atom stereocenters. The Balaban J connectivity index is 1.42. The Morgan fingerprint density at radius 1 is 1.00 bits per heavy atom. The van der Waals surface area contributed by atoms with E-state index in [1.165, 1.54) is 12.1 Å². The van der Waals surface area contributed by atoms with Gasteiger partial charge in [0.1, 0.15) is 23.9 Å². The van der Waals surface area contributed by atoms with E-state index < -0.39 is 0 Å². The van der Waals surface area contributed by atoms with Gasteiger partial charge in [-0.25, -0.2) is 13.9 Å². The van der Waals surface area contributed by atoms with Gasteiger partial charge in [-0.1, -0.05) is 54.6 Å². The molecule has 0 aliphatic carbocycles. The van der Waals surface area contributed by atoms with Crippen LogP contribution in [0.25, 0.3) is 5.69 Å². The summed E-state index contributed by atoms with van der Waals surface area (Å²) in [5, 5.41) is 5.02. The van der Waals surface area contributed by atoms with Crippen LogP contribution in [0.1, 0.15) is 35.0 Å². The Morgan fingerprint density at radius 3 is 2.49 bits per heavy atom. The molecule has 1 aromatic heterocycles. The summed E-state index contributed by atoms with van der Waals surface area (Å²) < 4.78 is 26.7. The van der Waals surface area contributed by atoms with Gasteiger partial charge in [-0.3, -0.25) is 4.90 Å². The number of carbonyl (C=O) groups excluding carboxylic acids is 1. The molecule has 202 valence electrons. The van der Waals surface area contributed by atoms with Gasteiger partial charge in [0, 0.05) is 38.2 Å². The molecule has 0 radical (unpaired) electrons. The molecule has 0 spiro atoms. The quantitative estimate of drug-likeness (QED) is 0.277. The zero-order valence-electron chi connectivity index (χ0n) is 22.3. The van der Waals surface area contributed by atoms with E-state index >= 15 is 0 Å². The van der Waals surface area contributed by atoms with Crippen molar-refractivity contribution in [1.82, 2.24) is 19.6 Å². The molecule has 3 aromatic carbocycles. The highest BCUT2D eigenvalue weighted by Crippen LogP contribution is 2.31. The third-order valence-corrected chi connectivity index (χ3v) is 7.04.